The van der Waals surface area contributed by atoms with Gasteiger partial charge in [0.1, 0.15) is 23.0 Å². The second-order valence-corrected chi connectivity index (χ2v) is 6.66. The van der Waals surface area contributed by atoms with E-state index in [1.54, 1.807) is 19.2 Å². The van der Waals surface area contributed by atoms with Crippen molar-refractivity contribution in [3.05, 3.63) is 95.1 Å². The molecule has 0 spiro atoms. The highest BCUT2D eigenvalue weighted by Crippen LogP contribution is 2.49. The van der Waals surface area contributed by atoms with Crippen molar-refractivity contribution in [2.24, 2.45) is 0 Å². The summed E-state index contributed by atoms with van der Waals surface area (Å²) in [6.07, 6.45) is 0. The van der Waals surface area contributed by atoms with Gasteiger partial charge in [-0.05, 0) is 31.2 Å². The largest absolute Gasteiger partial charge is 0.507 e. The highest BCUT2D eigenvalue weighted by atomic mass is 16.5. The van der Waals surface area contributed by atoms with Gasteiger partial charge in [0.15, 0.2) is 5.78 Å². The molecule has 1 atom stereocenters. The number of hydrogen-bond donors (Lipinski definition) is 1. The third kappa shape index (κ3) is 3.03. The molecule has 3 aromatic rings. The average molecular weight is 372 g/mol. The molecule has 1 aliphatic rings. The molecule has 1 N–H and O–H groups in total. The zero-order valence-corrected chi connectivity index (χ0v) is 15.7. The van der Waals surface area contributed by atoms with Crippen LogP contribution >= 0.6 is 0 Å². The Labute approximate surface area is 163 Å². The van der Waals surface area contributed by atoms with Crippen LogP contribution in [0.1, 0.15) is 29.5 Å². The van der Waals surface area contributed by atoms with Gasteiger partial charge in [0.2, 0.25) is 0 Å². The number of Topliss-reactive ketones (excluding diaryl/α,β-unsaturated/α-hetero) is 1. The third-order valence-corrected chi connectivity index (χ3v) is 4.95. The van der Waals surface area contributed by atoms with Crippen molar-refractivity contribution < 1.29 is 19.4 Å². The molecule has 0 amide bonds. The van der Waals surface area contributed by atoms with Crippen LogP contribution in [0.4, 0.5) is 0 Å². The van der Waals surface area contributed by atoms with Gasteiger partial charge in [-0.1, -0.05) is 48.5 Å². The van der Waals surface area contributed by atoms with E-state index >= 15 is 0 Å². The number of aliphatic hydroxyl groups is 1. The highest BCUT2D eigenvalue weighted by molar-refractivity contribution is 6.02. The molecule has 0 aromatic heterocycles. The molecule has 1 heterocycles. The first-order valence-corrected chi connectivity index (χ1v) is 9.04. The van der Waals surface area contributed by atoms with Gasteiger partial charge in [-0.3, -0.25) is 4.79 Å². The molecule has 0 radical (unpaired) electrons. The van der Waals surface area contributed by atoms with Crippen molar-refractivity contribution in [3.63, 3.8) is 0 Å². The summed E-state index contributed by atoms with van der Waals surface area (Å²) < 4.78 is 11.4. The Morgan fingerprint density at radius 1 is 0.929 bits per heavy atom. The predicted molar refractivity (Wildman–Crippen MR) is 108 cm³/mol. The van der Waals surface area contributed by atoms with Crippen molar-refractivity contribution in [1.29, 1.82) is 0 Å². The van der Waals surface area contributed by atoms with Crippen LogP contribution in [0.3, 0.4) is 0 Å². The average Bonchev–Trinajstić information content (AvgIpc) is 2.73. The minimum absolute atomic E-state index is 0.0245. The monoisotopic (exact) mass is 372 g/mol. The quantitative estimate of drug-likeness (QED) is 0.486. The van der Waals surface area contributed by atoms with E-state index in [0.29, 0.717) is 28.4 Å². The molecule has 1 aliphatic heterocycles. The fourth-order valence-corrected chi connectivity index (χ4v) is 3.64. The topological polar surface area (TPSA) is 55.8 Å². The lowest BCUT2D eigenvalue weighted by molar-refractivity contribution is -0.113. The van der Waals surface area contributed by atoms with Gasteiger partial charge in [-0.15, -0.1) is 0 Å². The van der Waals surface area contributed by atoms with Gasteiger partial charge in [-0.25, -0.2) is 0 Å². The molecule has 0 saturated carbocycles. The van der Waals surface area contributed by atoms with Crippen LogP contribution in [0, 0.1) is 0 Å². The van der Waals surface area contributed by atoms with Crippen molar-refractivity contribution in [2.75, 3.05) is 7.11 Å². The van der Waals surface area contributed by atoms with E-state index in [9.17, 15) is 9.90 Å². The first kappa shape index (κ1) is 17.9. The number of ketones is 1. The summed E-state index contributed by atoms with van der Waals surface area (Å²) in [6, 6.07) is 22.2. The first-order valence-electron chi connectivity index (χ1n) is 9.04. The Kier molecular flexibility index (Phi) is 4.62. The fraction of sp³-hybridized carbons (Fsp3) is 0.125. The number of aliphatic hydroxyl groups excluding tert-OH is 1. The normalized spacial score (nSPS) is 15.6. The van der Waals surface area contributed by atoms with Crippen LogP contribution < -0.4 is 9.47 Å². The number of hydrogen-bond acceptors (Lipinski definition) is 4. The second-order valence-electron chi connectivity index (χ2n) is 6.66. The second kappa shape index (κ2) is 7.24. The van der Waals surface area contributed by atoms with Gasteiger partial charge < -0.3 is 14.6 Å². The summed E-state index contributed by atoms with van der Waals surface area (Å²) in [4.78, 5) is 12.7. The highest BCUT2D eigenvalue weighted by Gasteiger charge is 2.34. The summed E-state index contributed by atoms with van der Waals surface area (Å²) in [5.41, 5.74) is 2.54. The molecule has 0 aliphatic carbocycles. The Morgan fingerprint density at radius 3 is 2.32 bits per heavy atom. The number of carbonyl (C=O) groups excluding carboxylic acids is 1. The molecule has 4 heteroatoms. The first-order chi connectivity index (χ1) is 13.6. The smallest absolute Gasteiger partial charge is 0.160 e. The molecular weight excluding hydrogens is 352 g/mol. The molecule has 0 unspecified atom stereocenters. The molecule has 3 aromatic carbocycles. The van der Waals surface area contributed by atoms with Gasteiger partial charge in [0.25, 0.3) is 0 Å². The summed E-state index contributed by atoms with van der Waals surface area (Å²) in [5.74, 6) is 1.29. The number of ether oxygens (including phenoxy) is 2. The molecule has 0 bridgehead atoms. The number of methoxy groups -OCH3 is 1. The number of rotatable bonds is 4. The van der Waals surface area contributed by atoms with Crippen LogP contribution in [0.2, 0.25) is 0 Å². The number of carbonyl (C=O) groups is 1. The van der Waals surface area contributed by atoms with E-state index in [1.807, 2.05) is 60.7 Å². The molecular formula is C24H20O4. The molecule has 0 saturated heterocycles. The van der Waals surface area contributed by atoms with Gasteiger partial charge in [0, 0.05) is 28.2 Å². The van der Waals surface area contributed by atoms with Crippen molar-refractivity contribution in [1.82, 2.24) is 0 Å². The molecule has 28 heavy (non-hydrogen) atoms. The number of para-hydroxylation sites is 1. The van der Waals surface area contributed by atoms with Crippen LogP contribution in [0.5, 0.6) is 17.2 Å². The van der Waals surface area contributed by atoms with Crippen LogP contribution in [0.15, 0.2) is 78.4 Å². The minimum atomic E-state index is -0.465. The minimum Gasteiger partial charge on any atom is -0.507 e. The summed E-state index contributed by atoms with van der Waals surface area (Å²) >= 11 is 0. The zero-order valence-electron chi connectivity index (χ0n) is 15.7. The summed E-state index contributed by atoms with van der Waals surface area (Å²) in [7, 11) is 1.59. The van der Waals surface area contributed by atoms with E-state index in [4.69, 9.17) is 9.47 Å². The standard InChI is InChI=1S/C24H20O4/c1-15(25)22(24(26)16-8-4-3-5-9-16)23-18-10-6-7-11-20(18)28-21-13-12-17(27-2)14-19(21)23/h3-14,23,26H,1-2H3/t23-/m1/s1. The zero-order chi connectivity index (χ0) is 19.7. The van der Waals surface area contributed by atoms with E-state index < -0.39 is 5.92 Å². The predicted octanol–water partition coefficient (Wildman–Crippen LogP) is 5.49. The Morgan fingerprint density at radius 2 is 1.61 bits per heavy atom. The SMILES string of the molecule is COc1ccc2c(c1)[C@H](C(C(C)=O)=C(O)c1ccccc1)c1ccccc1O2. The molecule has 0 fully saturated rings. The maximum Gasteiger partial charge on any atom is 0.160 e. The lowest BCUT2D eigenvalue weighted by atomic mass is 9.79. The maximum atomic E-state index is 12.7. The number of fused-ring (bicyclic) bond motifs is 2. The van der Waals surface area contributed by atoms with E-state index in [1.165, 1.54) is 6.92 Å². The van der Waals surface area contributed by atoms with E-state index in [0.717, 1.165) is 11.1 Å². The van der Waals surface area contributed by atoms with E-state index in [2.05, 4.69) is 0 Å². The molecule has 4 rings (SSSR count). The van der Waals surface area contributed by atoms with Crippen molar-refractivity contribution in [2.45, 2.75) is 12.8 Å². The third-order valence-electron chi connectivity index (χ3n) is 4.95. The maximum absolute atomic E-state index is 12.7. The van der Waals surface area contributed by atoms with Crippen molar-refractivity contribution in [3.8, 4) is 17.2 Å². The summed E-state index contributed by atoms with van der Waals surface area (Å²) in [5, 5.41) is 11.1. The van der Waals surface area contributed by atoms with Gasteiger partial charge in [0.05, 0.1) is 7.11 Å². The molecule has 140 valence electrons. The number of allylic oxidation sites excluding steroid dienone is 1. The fourth-order valence-electron chi connectivity index (χ4n) is 3.64. The Hall–Kier alpha value is -3.53. The van der Waals surface area contributed by atoms with Crippen LogP contribution in [0.25, 0.3) is 5.76 Å². The Balaban J connectivity index is 2.00. The lowest BCUT2D eigenvalue weighted by Gasteiger charge is -2.30. The van der Waals surface area contributed by atoms with E-state index in [-0.39, 0.29) is 11.5 Å². The van der Waals surface area contributed by atoms with Crippen molar-refractivity contribution >= 4 is 11.5 Å². The lowest BCUT2D eigenvalue weighted by Crippen LogP contribution is -2.18. The number of benzene rings is 3. The Bertz CT molecular complexity index is 1070. The molecule has 4 nitrogen and oxygen atoms in total. The van der Waals surface area contributed by atoms with Gasteiger partial charge in [-0.2, -0.15) is 0 Å². The summed E-state index contributed by atoms with van der Waals surface area (Å²) in [6.45, 7) is 1.48. The van der Waals surface area contributed by atoms with Crippen LogP contribution in [-0.2, 0) is 4.79 Å². The van der Waals surface area contributed by atoms with Crippen LogP contribution in [-0.4, -0.2) is 18.0 Å². The van der Waals surface area contributed by atoms with Gasteiger partial charge >= 0.3 is 0 Å².